The summed E-state index contributed by atoms with van der Waals surface area (Å²) in [7, 11) is 1.64. The van der Waals surface area contributed by atoms with E-state index in [0.717, 1.165) is 17.7 Å². The maximum Gasteiger partial charge on any atom is 0.225 e. The van der Waals surface area contributed by atoms with Crippen LogP contribution in [0.4, 0.5) is 0 Å². The Hall–Kier alpha value is -2.04. The van der Waals surface area contributed by atoms with Gasteiger partial charge in [-0.1, -0.05) is 26.0 Å². The number of ether oxygens (including phenoxy) is 1. The molecule has 5 nitrogen and oxygen atoms in total. The van der Waals surface area contributed by atoms with E-state index in [2.05, 4.69) is 19.2 Å². The Morgan fingerprint density at radius 3 is 2.91 bits per heavy atom. The van der Waals surface area contributed by atoms with Gasteiger partial charge in [-0.15, -0.1) is 0 Å². The second-order valence-corrected chi connectivity index (χ2v) is 6.48. The Morgan fingerprint density at radius 1 is 1.43 bits per heavy atom. The van der Waals surface area contributed by atoms with E-state index in [9.17, 15) is 9.59 Å². The third-order valence-corrected chi connectivity index (χ3v) is 4.07. The standard InChI is InChI=1S/C18H26N2O3/c1-13(2)11-19-18(22)15-10-17(21)20(12-15)8-7-14-5-4-6-16(9-14)23-3/h4-6,9,13,15H,7-8,10-12H2,1-3H3,(H,19,22). The number of amides is 2. The van der Waals surface area contributed by atoms with Gasteiger partial charge in [-0.25, -0.2) is 0 Å². The van der Waals surface area contributed by atoms with Crippen LogP contribution in [0.2, 0.25) is 0 Å². The zero-order valence-corrected chi connectivity index (χ0v) is 14.2. The molecule has 0 bridgehead atoms. The fourth-order valence-corrected chi connectivity index (χ4v) is 2.70. The van der Waals surface area contributed by atoms with Gasteiger partial charge in [0.15, 0.2) is 0 Å². The molecule has 1 aromatic carbocycles. The minimum Gasteiger partial charge on any atom is -0.497 e. The van der Waals surface area contributed by atoms with Gasteiger partial charge in [-0.3, -0.25) is 9.59 Å². The molecule has 0 spiro atoms. The Kier molecular flexibility index (Phi) is 6.02. The Bertz CT molecular complexity index is 557. The molecule has 23 heavy (non-hydrogen) atoms. The van der Waals surface area contributed by atoms with Crippen molar-refractivity contribution in [3.8, 4) is 5.75 Å². The molecule has 1 aromatic rings. The van der Waals surface area contributed by atoms with E-state index in [0.29, 0.717) is 32.0 Å². The molecule has 2 rings (SSSR count). The van der Waals surface area contributed by atoms with Gasteiger partial charge in [0.2, 0.25) is 11.8 Å². The lowest BCUT2D eigenvalue weighted by molar-refractivity contribution is -0.129. The summed E-state index contributed by atoms with van der Waals surface area (Å²) in [5.41, 5.74) is 1.13. The predicted octanol–water partition coefficient (Wildman–Crippen LogP) is 1.86. The predicted molar refractivity (Wildman–Crippen MR) is 89.2 cm³/mol. The molecule has 0 aliphatic carbocycles. The van der Waals surface area contributed by atoms with Crippen LogP contribution in [0.5, 0.6) is 5.75 Å². The number of carbonyl (C=O) groups is 2. The zero-order valence-electron chi connectivity index (χ0n) is 14.2. The first kappa shape index (κ1) is 17.3. The Morgan fingerprint density at radius 2 is 2.22 bits per heavy atom. The molecule has 0 saturated carbocycles. The number of likely N-dealkylation sites (tertiary alicyclic amines) is 1. The summed E-state index contributed by atoms with van der Waals surface area (Å²) in [6, 6.07) is 7.85. The average Bonchev–Trinajstić information content (AvgIpc) is 2.92. The van der Waals surface area contributed by atoms with Crippen molar-refractivity contribution in [2.75, 3.05) is 26.7 Å². The number of nitrogens with one attached hydrogen (secondary N) is 1. The van der Waals surface area contributed by atoms with Crippen LogP contribution < -0.4 is 10.1 Å². The van der Waals surface area contributed by atoms with E-state index in [1.165, 1.54) is 0 Å². The minimum atomic E-state index is -0.216. The molecule has 0 aromatic heterocycles. The topological polar surface area (TPSA) is 58.6 Å². The lowest BCUT2D eigenvalue weighted by Gasteiger charge is -2.17. The van der Waals surface area contributed by atoms with Gasteiger partial charge in [-0.2, -0.15) is 0 Å². The summed E-state index contributed by atoms with van der Waals surface area (Å²) in [5.74, 6) is 1.08. The van der Waals surface area contributed by atoms with Gasteiger partial charge in [0, 0.05) is 26.1 Å². The number of methoxy groups -OCH3 is 1. The highest BCUT2D eigenvalue weighted by Gasteiger charge is 2.33. The van der Waals surface area contributed by atoms with Crippen LogP contribution in [0.1, 0.15) is 25.8 Å². The van der Waals surface area contributed by atoms with Crippen molar-refractivity contribution in [3.63, 3.8) is 0 Å². The molecule has 1 atom stereocenters. The Balaban J connectivity index is 1.84. The lowest BCUT2D eigenvalue weighted by atomic mass is 10.1. The molecule has 2 amide bonds. The molecular weight excluding hydrogens is 292 g/mol. The number of hydrogen-bond acceptors (Lipinski definition) is 3. The molecule has 1 heterocycles. The molecule has 5 heteroatoms. The number of rotatable bonds is 7. The van der Waals surface area contributed by atoms with Gasteiger partial charge in [0.25, 0.3) is 0 Å². The van der Waals surface area contributed by atoms with Crippen LogP contribution in [-0.2, 0) is 16.0 Å². The summed E-state index contributed by atoms with van der Waals surface area (Å²) < 4.78 is 5.21. The normalized spacial score (nSPS) is 17.7. The highest BCUT2D eigenvalue weighted by atomic mass is 16.5. The van der Waals surface area contributed by atoms with Crippen LogP contribution in [0.25, 0.3) is 0 Å². The molecule has 1 unspecified atom stereocenters. The second kappa shape index (κ2) is 7.99. The molecule has 1 aliphatic heterocycles. The second-order valence-electron chi connectivity index (χ2n) is 6.48. The van der Waals surface area contributed by atoms with Crippen LogP contribution in [0.3, 0.4) is 0 Å². The molecule has 1 aliphatic rings. The van der Waals surface area contributed by atoms with Gasteiger partial charge in [0.05, 0.1) is 13.0 Å². The van der Waals surface area contributed by atoms with Crippen LogP contribution >= 0.6 is 0 Å². The van der Waals surface area contributed by atoms with Crippen LogP contribution in [-0.4, -0.2) is 43.5 Å². The molecule has 1 saturated heterocycles. The molecule has 0 radical (unpaired) electrons. The number of hydrogen-bond donors (Lipinski definition) is 1. The first-order chi connectivity index (χ1) is 11.0. The molecule has 126 valence electrons. The quantitative estimate of drug-likeness (QED) is 0.835. The highest BCUT2D eigenvalue weighted by molar-refractivity contribution is 5.89. The number of carbonyl (C=O) groups excluding carboxylic acids is 2. The van der Waals surface area contributed by atoms with Gasteiger partial charge in [-0.05, 0) is 30.0 Å². The van der Waals surface area contributed by atoms with E-state index >= 15 is 0 Å². The van der Waals surface area contributed by atoms with Crippen molar-refractivity contribution in [2.45, 2.75) is 26.7 Å². The maximum atomic E-state index is 12.1. The van der Waals surface area contributed by atoms with Crippen molar-refractivity contribution >= 4 is 11.8 Å². The number of nitrogens with zero attached hydrogens (tertiary/aromatic N) is 1. The van der Waals surface area contributed by atoms with Crippen molar-refractivity contribution in [2.24, 2.45) is 11.8 Å². The SMILES string of the molecule is COc1cccc(CCN2CC(C(=O)NCC(C)C)CC2=O)c1. The maximum absolute atomic E-state index is 12.1. The van der Waals surface area contributed by atoms with E-state index in [4.69, 9.17) is 4.74 Å². The summed E-state index contributed by atoms with van der Waals surface area (Å²) in [5, 5.41) is 2.92. The molecular formula is C18H26N2O3. The zero-order chi connectivity index (χ0) is 16.8. The monoisotopic (exact) mass is 318 g/mol. The van der Waals surface area contributed by atoms with E-state index in [1.54, 1.807) is 12.0 Å². The molecule has 1 N–H and O–H groups in total. The molecule has 1 fully saturated rings. The van der Waals surface area contributed by atoms with E-state index in [1.807, 2.05) is 24.3 Å². The van der Waals surface area contributed by atoms with Crippen molar-refractivity contribution in [1.82, 2.24) is 10.2 Å². The summed E-state index contributed by atoms with van der Waals surface area (Å²) in [6.45, 7) is 5.93. The van der Waals surface area contributed by atoms with E-state index < -0.39 is 0 Å². The largest absolute Gasteiger partial charge is 0.497 e. The van der Waals surface area contributed by atoms with Crippen molar-refractivity contribution < 1.29 is 14.3 Å². The fraction of sp³-hybridized carbons (Fsp3) is 0.556. The summed E-state index contributed by atoms with van der Waals surface area (Å²) in [6.07, 6.45) is 1.09. The van der Waals surface area contributed by atoms with Crippen molar-refractivity contribution in [3.05, 3.63) is 29.8 Å². The summed E-state index contributed by atoms with van der Waals surface area (Å²) >= 11 is 0. The van der Waals surface area contributed by atoms with Gasteiger partial charge >= 0.3 is 0 Å². The fourth-order valence-electron chi connectivity index (χ4n) is 2.70. The third kappa shape index (κ3) is 4.98. The van der Waals surface area contributed by atoms with Crippen LogP contribution in [0.15, 0.2) is 24.3 Å². The van der Waals surface area contributed by atoms with Gasteiger partial charge < -0.3 is 15.0 Å². The van der Waals surface area contributed by atoms with Crippen LogP contribution in [0, 0.1) is 11.8 Å². The summed E-state index contributed by atoms with van der Waals surface area (Å²) in [4.78, 5) is 26.0. The first-order valence-corrected chi connectivity index (χ1v) is 8.18. The first-order valence-electron chi connectivity index (χ1n) is 8.18. The lowest BCUT2D eigenvalue weighted by Crippen LogP contribution is -2.35. The Labute approximate surface area is 138 Å². The van der Waals surface area contributed by atoms with Crippen molar-refractivity contribution in [1.29, 1.82) is 0 Å². The van der Waals surface area contributed by atoms with Gasteiger partial charge in [0.1, 0.15) is 5.75 Å². The average molecular weight is 318 g/mol. The smallest absolute Gasteiger partial charge is 0.225 e. The van der Waals surface area contributed by atoms with E-state index in [-0.39, 0.29) is 17.7 Å². The highest BCUT2D eigenvalue weighted by Crippen LogP contribution is 2.19. The third-order valence-electron chi connectivity index (χ3n) is 4.07. The minimum absolute atomic E-state index is 0.00377. The number of benzene rings is 1.